The second-order valence-electron chi connectivity index (χ2n) is 4.98. The Morgan fingerprint density at radius 1 is 1.40 bits per heavy atom. The predicted molar refractivity (Wildman–Crippen MR) is 67.4 cm³/mol. The number of carbonyl (C=O) groups is 3. The van der Waals surface area contributed by atoms with E-state index >= 15 is 0 Å². The van der Waals surface area contributed by atoms with Gasteiger partial charge in [-0.1, -0.05) is 0 Å². The van der Waals surface area contributed by atoms with E-state index in [0.717, 1.165) is 17.7 Å². The minimum atomic E-state index is -0.374. The van der Waals surface area contributed by atoms with Crippen LogP contribution in [-0.4, -0.2) is 46.8 Å². The average molecular weight is 277 g/mol. The number of hydrogen-bond acceptors (Lipinski definition) is 4. The molecule has 2 aliphatic rings. The highest BCUT2D eigenvalue weighted by Gasteiger charge is 2.44. The third-order valence-electron chi connectivity index (χ3n) is 3.41. The summed E-state index contributed by atoms with van der Waals surface area (Å²) in [6.45, 7) is 0.102. The topological polar surface area (TPSA) is 82.9 Å². The molecule has 1 aromatic heterocycles. The van der Waals surface area contributed by atoms with E-state index in [9.17, 15) is 14.4 Å². The second-order valence-corrected chi connectivity index (χ2v) is 4.98. The Morgan fingerprint density at radius 3 is 2.85 bits per heavy atom. The highest BCUT2D eigenvalue weighted by Crippen LogP contribution is 2.30. The number of nitrogens with one attached hydrogen (secondary N) is 1. The van der Waals surface area contributed by atoms with E-state index in [2.05, 4.69) is 5.32 Å². The van der Waals surface area contributed by atoms with E-state index in [0.29, 0.717) is 5.76 Å². The number of imide groups is 1. The lowest BCUT2D eigenvalue weighted by Crippen LogP contribution is -2.41. The Kier molecular flexibility index (Phi) is 3.17. The van der Waals surface area contributed by atoms with Gasteiger partial charge in [-0.05, 0) is 25.0 Å². The molecule has 1 aliphatic heterocycles. The van der Waals surface area contributed by atoms with E-state index in [1.807, 2.05) is 0 Å². The van der Waals surface area contributed by atoms with Crippen LogP contribution in [0.4, 0.5) is 4.79 Å². The fourth-order valence-corrected chi connectivity index (χ4v) is 2.19. The van der Waals surface area contributed by atoms with Gasteiger partial charge in [-0.15, -0.1) is 0 Å². The van der Waals surface area contributed by atoms with Gasteiger partial charge in [0, 0.05) is 6.04 Å². The number of rotatable bonds is 5. The third kappa shape index (κ3) is 2.52. The van der Waals surface area contributed by atoms with Gasteiger partial charge in [-0.25, -0.2) is 4.79 Å². The molecule has 0 bridgehead atoms. The lowest BCUT2D eigenvalue weighted by molar-refractivity contribution is -0.130. The monoisotopic (exact) mass is 277 g/mol. The zero-order valence-electron chi connectivity index (χ0n) is 10.9. The highest BCUT2D eigenvalue weighted by molar-refractivity contribution is 6.04. The molecule has 3 rings (SSSR count). The summed E-state index contributed by atoms with van der Waals surface area (Å²) in [5, 5.41) is 2.62. The lowest BCUT2D eigenvalue weighted by atomic mass is 10.4. The summed E-state index contributed by atoms with van der Waals surface area (Å²) in [5.74, 6) is -0.0622. The number of nitrogens with zero attached hydrogens (tertiary/aromatic N) is 2. The van der Waals surface area contributed by atoms with Crippen molar-refractivity contribution in [2.75, 3.05) is 13.1 Å². The smallest absolute Gasteiger partial charge is 0.327 e. The Morgan fingerprint density at radius 2 is 2.20 bits per heavy atom. The first kappa shape index (κ1) is 12.7. The summed E-state index contributed by atoms with van der Waals surface area (Å²) in [5.41, 5.74) is 0. The van der Waals surface area contributed by atoms with E-state index in [-0.39, 0.29) is 43.5 Å². The number of urea groups is 1. The SMILES string of the molecule is O=C(CN1C(=O)CN(C2CC2)C1=O)NCc1ccco1. The normalized spacial score (nSPS) is 18.8. The predicted octanol–water partition coefficient (Wildman–Crippen LogP) is 0.322. The van der Waals surface area contributed by atoms with E-state index in [4.69, 9.17) is 4.42 Å². The van der Waals surface area contributed by atoms with Crippen LogP contribution in [0.5, 0.6) is 0 Å². The Hall–Kier alpha value is -2.31. The first-order valence-electron chi connectivity index (χ1n) is 6.55. The van der Waals surface area contributed by atoms with Gasteiger partial charge in [0.25, 0.3) is 5.91 Å². The number of amides is 4. The first-order chi connectivity index (χ1) is 9.65. The molecule has 1 N–H and O–H groups in total. The summed E-state index contributed by atoms with van der Waals surface area (Å²) < 4.78 is 5.08. The Labute approximate surface area is 115 Å². The summed E-state index contributed by atoms with van der Waals surface area (Å²) in [4.78, 5) is 38.1. The number of furan rings is 1. The summed E-state index contributed by atoms with van der Waals surface area (Å²) >= 11 is 0. The summed E-state index contributed by atoms with van der Waals surface area (Å²) in [6.07, 6.45) is 3.40. The van der Waals surface area contributed by atoms with Gasteiger partial charge in [0.1, 0.15) is 18.8 Å². The van der Waals surface area contributed by atoms with Crippen LogP contribution in [0.2, 0.25) is 0 Å². The van der Waals surface area contributed by atoms with Crippen molar-refractivity contribution in [3.8, 4) is 0 Å². The molecule has 7 heteroatoms. The molecule has 2 heterocycles. The number of hydrogen-bond donors (Lipinski definition) is 1. The van der Waals surface area contributed by atoms with Crippen LogP contribution in [0.25, 0.3) is 0 Å². The summed E-state index contributed by atoms with van der Waals surface area (Å²) in [6, 6.07) is 3.29. The minimum Gasteiger partial charge on any atom is -0.467 e. The van der Waals surface area contributed by atoms with Gasteiger partial charge in [0.2, 0.25) is 5.91 Å². The van der Waals surface area contributed by atoms with Crippen molar-refractivity contribution in [2.45, 2.75) is 25.4 Å². The average Bonchev–Trinajstić information content (AvgIpc) is 3.06. The molecule has 0 aromatic carbocycles. The molecule has 0 atom stereocenters. The maximum atomic E-state index is 12.0. The van der Waals surface area contributed by atoms with Crippen molar-refractivity contribution in [2.24, 2.45) is 0 Å². The molecule has 1 saturated heterocycles. The standard InChI is InChI=1S/C13H15N3O4/c17-11(14-6-10-2-1-5-20-10)7-16-12(18)8-15(13(16)19)9-3-4-9/h1-2,5,9H,3-4,6-8H2,(H,14,17). The molecule has 0 unspecified atom stereocenters. The minimum absolute atomic E-state index is 0.0922. The fraction of sp³-hybridized carbons (Fsp3) is 0.462. The van der Waals surface area contributed by atoms with E-state index in [1.54, 1.807) is 17.0 Å². The van der Waals surface area contributed by atoms with Crippen LogP contribution in [-0.2, 0) is 16.1 Å². The molecule has 1 aromatic rings. The van der Waals surface area contributed by atoms with Crippen molar-refractivity contribution in [1.82, 2.24) is 15.1 Å². The van der Waals surface area contributed by atoms with E-state index in [1.165, 1.54) is 6.26 Å². The van der Waals surface area contributed by atoms with Crippen LogP contribution in [0.1, 0.15) is 18.6 Å². The second kappa shape index (κ2) is 4.99. The van der Waals surface area contributed by atoms with Crippen molar-refractivity contribution in [1.29, 1.82) is 0 Å². The zero-order valence-corrected chi connectivity index (χ0v) is 10.9. The van der Waals surface area contributed by atoms with Gasteiger partial charge >= 0.3 is 6.03 Å². The molecule has 7 nitrogen and oxygen atoms in total. The Balaban J connectivity index is 1.52. The molecular weight excluding hydrogens is 262 g/mol. The van der Waals surface area contributed by atoms with Gasteiger partial charge in [0.15, 0.2) is 0 Å². The quantitative estimate of drug-likeness (QED) is 0.786. The van der Waals surface area contributed by atoms with Crippen LogP contribution in [0.3, 0.4) is 0 Å². The van der Waals surface area contributed by atoms with Gasteiger partial charge in [-0.3, -0.25) is 14.5 Å². The molecule has 20 heavy (non-hydrogen) atoms. The molecule has 1 aliphatic carbocycles. The van der Waals surface area contributed by atoms with Gasteiger partial charge in [0.05, 0.1) is 12.8 Å². The van der Waals surface area contributed by atoms with E-state index < -0.39 is 0 Å². The van der Waals surface area contributed by atoms with Crippen molar-refractivity contribution in [3.63, 3.8) is 0 Å². The Bertz CT molecular complexity index is 536. The molecule has 0 radical (unpaired) electrons. The third-order valence-corrected chi connectivity index (χ3v) is 3.41. The van der Waals surface area contributed by atoms with Crippen LogP contribution in [0.15, 0.2) is 22.8 Å². The van der Waals surface area contributed by atoms with Crippen LogP contribution in [0, 0.1) is 0 Å². The lowest BCUT2D eigenvalue weighted by Gasteiger charge is -2.15. The summed E-state index contributed by atoms with van der Waals surface area (Å²) in [7, 11) is 0. The molecule has 106 valence electrons. The molecule has 2 fully saturated rings. The first-order valence-corrected chi connectivity index (χ1v) is 6.55. The van der Waals surface area contributed by atoms with Gasteiger partial charge in [-0.2, -0.15) is 0 Å². The van der Waals surface area contributed by atoms with Crippen LogP contribution >= 0.6 is 0 Å². The van der Waals surface area contributed by atoms with Crippen molar-refractivity contribution >= 4 is 17.8 Å². The van der Waals surface area contributed by atoms with Gasteiger partial charge < -0.3 is 14.6 Å². The van der Waals surface area contributed by atoms with Crippen molar-refractivity contribution < 1.29 is 18.8 Å². The van der Waals surface area contributed by atoms with Crippen LogP contribution < -0.4 is 5.32 Å². The number of carbonyl (C=O) groups excluding carboxylic acids is 3. The zero-order chi connectivity index (χ0) is 14.1. The molecule has 1 saturated carbocycles. The molecule has 4 amide bonds. The van der Waals surface area contributed by atoms with Crippen molar-refractivity contribution in [3.05, 3.63) is 24.2 Å². The maximum Gasteiger partial charge on any atom is 0.327 e. The molecule has 0 spiro atoms. The maximum absolute atomic E-state index is 12.0. The largest absolute Gasteiger partial charge is 0.467 e. The highest BCUT2D eigenvalue weighted by atomic mass is 16.3. The molecular formula is C13H15N3O4. The fourth-order valence-electron chi connectivity index (χ4n) is 2.19.